The predicted octanol–water partition coefficient (Wildman–Crippen LogP) is 4.24. The van der Waals surface area contributed by atoms with Crippen molar-refractivity contribution in [3.05, 3.63) is 52.8 Å². The van der Waals surface area contributed by atoms with Gasteiger partial charge in [-0.25, -0.2) is 9.97 Å². The highest BCUT2D eigenvalue weighted by Gasteiger charge is 2.16. The van der Waals surface area contributed by atoms with Crippen molar-refractivity contribution in [1.82, 2.24) is 15.3 Å². The van der Waals surface area contributed by atoms with E-state index in [1.165, 1.54) is 25.7 Å². The molecule has 2 aromatic rings. The zero-order valence-electron chi connectivity index (χ0n) is 14.9. The predicted molar refractivity (Wildman–Crippen MR) is 105 cm³/mol. The van der Waals surface area contributed by atoms with Gasteiger partial charge in [0.05, 0.1) is 0 Å². The summed E-state index contributed by atoms with van der Waals surface area (Å²) in [7, 11) is 0. The number of rotatable bonds is 6. The Labute approximate surface area is 159 Å². The Morgan fingerprint density at radius 1 is 1.15 bits per heavy atom. The van der Waals surface area contributed by atoms with E-state index in [0.717, 1.165) is 29.8 Å². The molecule has 1 amide bonds. The summed E-state index contributed by atoms with van der Waals surface area (Å²) in [6, 6.07) is 9.70. The number of carbonyl (C=O) groups excluding carboxylic acids is 1. The molecule has 26 heavy (non-hydrogen) atoms. The van der Waals surface area contributed by atoms with Gasteiger partial charge in [0.15, 0.2) is 0 Å². The summed E-state index contributed by atoms with van der Waals surface area (Å²) in [6.45, 7) is 0.675. The Morgan fingerprint density at radius 3 is 2.73 bits per heavy atom. The third-order valence-corrected chi connectivity index (χ3v) is 4.90. The summed E-state index contributed by atoms with van der Waals surface area (Å²) >= 11 is 6.00. The zero-order valence-corrected chi connectivity index (χ0v) is 15.6. The minimum Gasteiger partial charge on any atom is -0.354 e. The molecule has 0 atom stereocenters. The number of amides is 1. The molecule has 3 rings (SSSR count). The third kappa shape index (κ3) is 5.70. The second-order valence-electron chi connectivity index (χ2n) is 6.73. The lowest BCUT2D eigenvalue weighted by Gasteiger charge is -2.16. The number of aromatic nitrogens is 2. The molecule has 1 fully saturated rings. The highest BCUT2D eigenvalue weighted by molar-refractivity contribution is 6.30. The first-order chi connectivity index (χ1) is 12.7. The van der Waals surface area contributed by atoms with Crippen LogP contribution in [0.25, 0.3) is 0 Å². The second kappa shape index (κ2) is 9.53. The molecule has 2 N–H and O–H groups in total. The summed E-state index contributed by atoms with van der Waals surface area (Å²) < 4.78 is 0. The van der Waals surface area contributed by atoms with Gasteiger partial charge >= 0.3 is 0 Å². The standard InChI is InChI=1S/C20H25ClN4O/c21-16-7-5-6-15(14-16)10-12-22-20-23-13-11-18(25-20)19(26)24-17-8-3-1-2-4-9-17/h5-7,11,13-14,17H,1-4,8-10,12H2,(H,24,26)(H,22,23,25). The van der Waals surface area contributed by atoms with Gasteiger partial charge in [0.2, 0.25) is 5.95 Å². The summed E-state index contributed by atoms with van der Waals surface area (Å²) in [5, 5.41) is 7.03. The van der Waals surface area contributed by atoms with Crippen LogP contribution >= 0.6 is 11.6 Å². The maximum Gasteiger partial charge on any atom is 0.270 e. The lowest BCUT2D eigenvalue weighted by molar-refractivity contribution is 0.0928. The van der Waals surface area contributed by atoms with E-state index < -0.39 is 0 Å². The number of halogens is 1. The Balaban J connectivity index is 1.52. The number of anilines is 1. The number of hydrogen-bond acceptors (Lipinski definition) is 4. The molecule has 0 radical (unpaired) electrons. The summed E-state index contributed by atoms with van der Waals surface area (Å²) in [4.78, 5) is 21.0. The van der Waals surface area contributed by atoms with E-state index in [1.54, 1.807) is 12.3 Å². The van der Waals surface area contributed by atoms with Crippen LogP contribution in [-0.2, 0) is 6.42 Å². The normalized spacial score (nSPS) is 15.3. The Kier molecular flexibility index (Phi) is 6.83. The molecule has 0 aliphatic heterocycles. The van der Waals surface area contributed by atoms with Crippen LogP contribution in [0.15, 0.2) is 36.5 Å². The number of hydrogen-bond donors (Lipinski definition) is 2. The molecule has 6 heteroatoms. The van der Waals surface area contributed by atoms with Crippen molar-refractivity contribution in [2.75, 3.05) is 11.9 Å². The molecule has 1 aromatic heterocycles. The van der Waals surface area contributed by atoms with Crippen LogP contribution in [0.1, 0.15) is 54.6 Å². The highest BCUT2D eigenvalue weighted by atomic mass is 35.5. The fraction of sp³-hybridized carbons (Fsp3) is 0.450. The maximum absolute atomic E-state index is 12.5. The molecular formula is C20H25ClN4O. The topological polar surface area (TPSA) is 66.9 Å². The highest BCUT2D eigenvalue weighted by Crippen LogP contribution is 2.17. The molecule has 0 saturated heterocycles. The van der Waals surface area contributed by atoms with Crippen LogP contribution in [0.5, 0.6) is 0 Å². The van der Waals surface area contributed by atoms with Gasteiger partial charge < -0.3 is 10.6 Å². The van der Waals surface area contributed by atoms with E-state index >= 15 is 0 Å². The van der Waals surface area contributed by atoms with Gasteiger partial charge in [-0.1, -0.05) is 49.4 Å². The maximum atomic E-state index is 12.5. The van der Waals surface area contributed by atoms with Crippen molar-refractivity contribution in [3.8, 4) is 0 Å². The van der Waals surface area contributed by atoms with Crippen molar-refractivity contribution >= 4 is 23.5 Å². The van der Waals surface area contributed by atoms with Gasteiger partial charge in [-0.3, -0.25) is 4.79 Å². The SMILES string of the molecule is O=C(NC1CCCCCC1)c1ccnc(NCCc2cccc(Cl)c2)n1. The molecule has 1 heterocycles. The monoisotopic (exact) mass is 372 g/mol. The van der Waals surface area contributed by atoms with Crippen LogP contribution in [0.4, 0.5) is 5.95 Å². The lowest BCUT2D eigenvalue weighted by Crippen LogP contribution is -2.35. The van der Waals surface area contributed by atoms with E-state index in [1.807, 2.05) is 24.3 Å². The fourth-order valence-electron chi connectivity index (χ4n) is 3.26. The third-order valence-electron chi connectivity index (χ3n) is 4.66. The van der Waals surface area contributed by atoms with Crippen molar-refractivity contribution in [2.45, 2.75) is 51.0 Å². The van der Waals surface area contributed by atoms with Gasteiger partial charge in [-0.2, -0.15) is 0 Å². The van der Waals surface area contributed by atoms with Gasteiger partial charge in [0.25, 0.3) is 5.91 Å². The van der Waals surface area contributed by atoms with Crippen molar-refractivity contribution in [3.63, 3.8) is 0 Å². The summed E-state index contributed by atoms with van der Waals surface area (Å²) in [6.07, 6.45) is 9.44. The van der Waals surface area contributed by atoms with Crippen molar-refractivity contribution in [1.29, 1.82) is 0 Å². The Bertz CT molecular complexity index is 729. The minimum absolute atomic E-state index is 0.114. The molecule has 5 nitrogen and oxygen atoms in total. The number of carbonyl (C=O) groups is 1. The molecule has 1 saturated carbocycles. The average molecular weight is 373 g/mol. The lowest BCUT2D eigenvalue weighted by atomic mass is 10.1. The number of nitrogens with zero attached hydrogens (tertiary/aromatic N) is 2. The minimum atomic E-state index is -0.114. The molecule has 1 aromatic carbocycles. The number of benzene rings is 1. The summed E-state index contributed by atoms with van der Waals surface area (Å²) in [5.41, 5.74) is 1.56. The molecule has 1 aliphatic rings. The van der Waals surface area contributed by atoms with E-state index in [4.69, 9.17) is 11.6 Å². The van der Waals surface area contributed by atoms with Crippen LogP contribution in [-0.4, -0.2) is 28.5 Å². The van der Waals surface area contributed by atoms with Crippen molar-refractivity contribution in [2.24, 2.45) is 0 Å². The van der Waals surface area contributed by atoms with Gasteiger partial charge in [0.1, 0.15) is 5.69 Å². The quantitative estimate of drug-likeness (QED) is 0.744. The first-order valence-electron chi connectivity index (χ1n) is 9.33. The van der Waals surface area contributed by atoms with E-state index in [2.05, 4.69) is 20.6 Å². The van der Waals surface area contributed by atoms with Gasteiger partial charge in [-0.05, 0) is 43.0 Å². The molecule has 0 spiro atoms. The van der Waals surface area contributed by atoms with E-state index in [9.17, 15) is 4.79 Å². The first-order valence-corrected chi connectivity index (χ1v) is 9.71. The molecule has 138 valence electrons. The van der Waals surface area contributed by atoms with Crippen molar-refractivity contribution < 1.29 is 4.79 Å². The molecule has 0 bridgehead atoms. The van der Waals surface area contributed by atoms with Crippen LogP contribution in [0, 0.1) is 0 Å². The Hall–Kier alpha value is -2.14. The zero-order chi connectivity index (χ0) is 18.2. The molecule has 1 aliphatic carbocycles. The largest absolute Gasteiger partial charge is 0.354 e. The van der Waals surface area contributed by atoms with E-state index in [0.29, 0.717) is 18.2 Å². The van der Waals surface area contributed by atoms with Crippen LogP contribution < -0.4 is 10.6 Å². The van der Waals surface area contributed by atoms with Gasteiger partial charge in [0, 0.05) is 23.8 Å². The average Bonchev–Trinajstić information content (AvgIpc) is 2.91. The summed E-state index contributed by atoms with van der Waals surface area (Å²) in [5.74, 6) is 0.359. The Morgan fingerprint density at radius 2 is 1.96 bits per heavy atom. The van der Waals surface area contributed by atoms with E-state index in [-0.39, 0.29) is 11.9 Å². The fourth-order valence-corrected chi connectivity index (χ4v) is 3.48. The van der Waals surface area contributed by atoms with Crippen LogP contribution in [0.2, 0.25) is 5.02 Å². The molecule has 0 unspecified atom stereocenters. The molecular weight excluding hydrogens is 348 g/mol. The second-order valence-corrected chi connectivity index (χ2v) is 7.17. The van der Waals surface area contributed by atoms with Gasteiger partial charge in [-0.15, -0.1) is 0 Å². The van der Waals surface area contributed by atoms with Crippen LogP contribution in [0.3, 0.4) is 0 Å². The smallest absolute Gasteiger partial charge is 0.270 e. The number of nitrogens with one attached hydrogen (secondary N) is 2. The first kappa shape index (κ1) is 18.6.